The Morgan fingerprint density at radius 3 is 2.36 bits per heavy atom. The van der Waals surface area contributed by atoms with Crippen molar-refractivity contribution >= 4 is 0 Å². The summed E-state index contributed by atoms with van der Waals surface area (Å²) >= 11 is 0. The van der Waals surface area contributed by atoms with E-state index < -0.39 is 0 Å². The number of hydrogen-bond acceptors (Lipinski definition) is 2. The van der Waals surface area contributed by atoms with Crippen molar-refractivity contribution in [2.75, 3.05) is 0 Å². The topological polar surface area (TPSA) is 35.2 Å². The molecule has 0 aromatic heterocycles. The van der Waals surface area contributed by atoms with Crippen molar-refractivity contribution in [1.82, 2.24) is 0 Å². The first-order valence-electron chi connectivity index (χ1n) is 8.19. The molecule has 0 saturated carbocycles. The Morgan fingerprint density at radius 1 is 1.00 bits per heavy atom. The molecule has 0 heterocycles. The molecule has 0 amide bonds. The molecule has 2 N–H and O–H groups in total. The van der Waals surface area contributed by atoms with Gasteiger partial charge in [-0.1, -0.05) is 38.1 Å². The Bertz CT molecular complexity index is 580. The first kappa shape index (κ1) is 16.6. The summed E-state index contributed by atoms with van der Waals surface area (Å²) in [4.78, 5) is 0. The molecule has 2 aromatic carbocycles. The number of hydrogen-bond donors (Lipinski definition) is 1. The van der Waals surface area contributed by atoms with Gasteiger partial charge in [-0.05, 0) is 67.5 Å². The molecule has 2 rings (SSSR count). The average Bonchev–Trinajstić information content (AvgIpc) is 2.53. The smallest absolute Gasteiger partial charge is 0.127 e. The maximum absolute atomic E-state index is 6.03. The summed E-state index contributed by atoms with van der Waals surface area (Å²) in [7, 11) is 0. The van der Waals surface area contributed by atoms with Crippen LogP contribution in [-0.4, -0.2) is 6.04 Å². The minimum absolute atomic E-state index is 0.323. The van der Waals surface area contributed by atoms with Crippen molar-refractivity contribution in [2.24, 2.45) is 5.73 Å². The van der Waals surface area contributed by atoms with E-state index in [0.29, 0.717) is 12.0 Å². The molecule has 2 aromatic rings. The Morgan fingerprint density at radius 2 is 1.73 bits per heavy atom. The van der Waals surface area contributed by atoms with Crippen LogP contribution in [0.1, 0.15) is 50.2 Å². The zero-order valence-corrected chi connectivity index (χ0v) is 13.9. The number of nitrogens with two attached hydrogens (primary N) is 1. The summed E-state index contributed by atoms with van der Waals surface area (Å²) in [6, 6.07) is 16.6. The molecule has 0 radical (unpaired) electrons. The Balaban J connectivity index is 2.03. The molecule has 2 nitrogen and oxygen atoms in total. The van der Waals surface area contributed by atoms with E-state index in [9.17, 15) is 0 Å². The second kappa shape index (κ2) is 8.00. The van der Waals surface area contributed by atoms with E-state index >= 15 is 0 Å². The van der Waals surface area contributed by atoms with Crippen molar-refractivity contribution < 1.29 is 4.74 Å². The molecule has 0 spiro atoms. The number of para-hydroxylation sites is 1. The number of rotatable bonds is 7. The number of benzene rings is 2. The SMILES string of the molecule is CCC(N)CCC(C)c1ccc(Oc2ccccc2)cc1C. The fourth-order valence-corrected chi connectivity index (χ4v) is 2.71. The van der Waals surface area contributed by atoms with Crippen LogP contribution in [0.3, 0.4) is 0 Å². The van der Waals surface area contributed by atoms with E-state index in [1.165, 1.54) is 11.1 Å². The molecule has 0 aliphatic heterocycles. The van der Waals surface area contributed by atoms with Crippen LogP contribution in [0.15, 0.2) is 48.5 Å². The molecule has 2 heteroatoms. The van der Waals surface area contributed by atoms with E-state index in [4.69, 9.17) is 10.5 Å². The fourth-order valence-electron chi connectivity index (χ4n) is 2.71. The van der Waals surface area contributed by atoms with Crippen LogP contribution in [0.4, 0.5) is 0 Å². The van der Waals surface area contributed by atoms with Gasteiger partial charge in [-0.3, -0.25) is 0 Å². The van der Waals surface area contributed by atoms with E-state index in [0.717, 1.165) is 30.8 Å². The molecule has 0 aliphatic rings. The van der Waals surface area contributed by atoms with Crippen LogP contribution in [-0.2, 0) is 0 Å². The third-order valence-corrected chi connectivity index (χ3v) is 4.25. The summed E-state index contributed by atoms with van der Waals surface area (Å²) in [5.41, 5.74) is 8.70. The third-order valence-electron chi connectivity index (χ3n) is 4.25. The van der Waals surface area contributed by atoms with Gasteiger partial charge in [-0.2, -0.15) is 0 Å². The zero-order chi connectivity index (χ0) is 15.9. The molecular formula is C20H27NO. The van der Waals surface area contributed by atoms with E-state index in [1.807, 2.05) is 30.3 Å². The highest BCUT2D eigenvalue weighted by Crippen LogP contribution is 2.29. The van der Waals surface area contributed by atoms with E-state index in [1.54, 1.807) is 0 Å². The van der Waals surface area contributed by atoms with Crippen molar-refractivity contribution in [3.63, 3.8) is 0 Å². The quantitative estimate of drug-likeness (QED) is 0.741. The predicted octanol–water partition coefficient (Wildman–Crippen LogP) is 5.41. The minimum Gasteiger partial charge on any atom is -0.457 e. The maximum Gasteiger partial charge on any atom is 0.127 e. The lowest BCUT2D eigenvalue weighted by atomic mass is 9.91. The third kappa shape index (κ3) is 4.60. The molecule has 2 unspecified atom stereocenters. The van der Waals surface area contributed by atoms with Crippen LogP contribution in [0, 0.1) is 6.92 Å². The van der Waals surface area contributed by atoms with Crippen LogP contribution in [0.25, 0.3) is 0 Å². The first-order valence-corrected chi connectivity index (χ1v) is 8.19. The number of aryl methyl sites for hydroxylation is 1. The van der Waals surface area contributed by atoms with Crippen LogP contribution < -0.4 is 10.5 Å². The zero-order valence-electron chi connectivity index (χ0n) is 13.9. The van der Waals surface area contributed by atoms with Gasteiger partial charge >= 0.3 is 0 Å². The molecular weight excluding hydrogens is 270 g/mol. The maximum atomic E-state index is 6.03. The van der Waals surface area contributed by atoms with Gasteiger partial charge < -0.3 is 10.5 Å². The van der Waals surface area contributed by atoms with Gasteiger partial charge in [0.15, 0.2) is 0 Å². The highest BCUT2D eigenvalue weighted by atomic mass is 16.5. The molecule has 0 bridgehead atoms. The molecule has 118 valence electrons. The van der Waals surface area contributed by atoms with Gasteiger partial charge in [-0.15, -0.1) is 0 Å². The largest absolute Gasteiger partial charge is 0.457 e. The highest BCUT2D eigenvalue weighted by Gasteiger charge is 2.11. The standard InChI is InChI=1S/C20H27NO/c1-4-17(21)11-10-15(2)20-13-12-19(14-16(20)3)22-18-8-6-5-7-9-18/h5-9,12-15,17H,4,10-11,21H2,1-3H3. The second-order valence-corrected chi connectivity index (χ2v) is 6.08. The molecule has 0 fully saturated rings. The van der Waals surface area contributed by atoms with Gasteiger partial charge in [0.05, 0.1) is 0 Å². The lowest BCUT2D eigenvalue weighted by Crippen LogP contribution is -2.19. The normalized spacial score (nSPS) is 13.6. The fraction of sp³-hybridized carbons (Fsp3) is 0.400. The predicted molar refractivity (Wildman–Crippen MR) is 93.6 cm³/mol. The number of ether oxygens (including phenoxy) is 1. The van der Waals surface area contributed by atoms with E-state index in [-0.39, 0.29) is 0 Å². The summed E-state index contributed by atoms with van der Waals surface area (Å²) < 4.78 is 5.89. The van der Waals surface area contributed by atoms with Gasteiger partial charge in [0.1, 0.15) is 11.5 Å². The summed E-state index contributed by atoms with van der Waals surface area (Å²) in [6.45, 7) is 6.59. The van der Waals surface area contributed by atoms with Crippen molar-refractivity contribution in [3.8, 4) is 11.5 Å². The lowest BCUT2D eigenvalue weighted by Gasteiger charge is -2.18. The van der Waals surface area contributed by atoms with Crippen LogP contribution >= 0.6 is 0 Å². The van der Waals surface area contributed by atoms with Gasteiger partial charge in [0.2, 0.25) is 0 Å². The van der Waals surface area contributed by atoms with Crippen LogP contribution in [0.2, 0.25) is 0 Å². The van der Waals surface area contributed by atoms with Crippen molar-refractivity contribution in [3.05, 3.63) is 59.7 Å². The highest BCUT2D eigenvalue weighted by molar-refractivity contribution is 5.39. The Hall–Kier alpha value is -1.80. The summed E-state index contributed by atoms with van der Waals surface area (Å²) in [5.74, 6) is 2.30. The van der Waals surface area contributed by atoms with Gasteiger partial charge in [0, 0.05) is 6.04 Å². The second-order valence-electron chi connectivity index (χ2n) is 6.08. The molecule has 0 saturated heterocycles. The molecule has 0 aliphatic carbocycles. The molecule has 2 atom stereocenters. The summed E-state index contributed by atoms with van der Waals surface area (Å²) in [6.07, 6.45) is 3.27. The van der Waals surface area contributed by atoms with Crippen LogP contribution in [0.5, 0.6) is 11.5 Å². The van der Waals surface area contributed by atoms with E-state index in [2.05, 4.69) is 39.0 Å². The Labute approximate surface area is 134 Å². The van der Waals surface area contributed by atoms with Gasteiger partial charge in [-0.25, -0.2) is 0 Å². The monoisotopic (exact) mass is 297 g/mol. The van der Waals surface area contributed by atoms with Crippen molar-refractivity contribution in [1.29, 1.82) is 0 Å². The first-order chi connectivity index (χ1) is 10.6. The summed E-state index contributed by atoms with van der Waals surface area (Å²) in [5, 5.41) is 0. The minimum atomic E-state index is 0.323. The lowest BCUT2D eigenvalue weighted by molar-refractivity contribution is 0.481. The van der Waals surface area contributed by atoms with Gasteiger partial charge in [0.25, 0.3) is 0 Å². The average molecular weight is 297 g/mol. The molecule has 22 heavy (non-hydrogen) atoms. The Kier molecular flexibility index (Phi) is 6.02. The van der Waals surface area contributed by atoms with Crippen molar-refractivity contribution in [2.45, 2.75) is 52.0 Å².